The summed E-state index contributed by atoms with van der Waals surface area (Å²) < 4.78 is 0. The second kappa shape index (κ2) is 16.0. The first kappa shape index (κ1) is 16.9. The van der Waals surface area contributed by atoms with Crippen molar-refractivity contribution in [1.82, 2.24) is 10.6 Å². The summed E-state index contributed by atoms with van der Waals surface area (Å²) in [5.74, 6) is 0. The fourth-order valence-electron chi connectivity index (χ4n) is 1.03. The van der Waals surface area contributed by atoms with Gasteiger partial charge in [0.2, 0.25) is 0 Å². The molecule has 0 aromatic rings. The van der Waals surface area contributed by atoms with Gasteiger partial charge < -0.3 is 16.4 Å². The Labute approximate surface area is 125 Å². The summed E-state index contributed by atoms with van der Waals surface area (Å²) in [6, 6.07) is 0. The van der Waals surface area contributed by atoms with E-state index in [-0.39, 0.29) is 51.4 Å². The van der Waals surface area contributed by atoms with Gasteiger partial charge >= 0.3 is 51.4 Å². The average Bonchev–Trinajstić information content (AvgIpc) is 2.10. The molecule has 4 heteroatoms. The van der Waals surface area contributed by atoms with Crippen molar-refractivity contribution in [3.63, 3.8) is 0 Å². The number of hydrogen-bond acceptors (Lipinski definition) is 3. The maximum absolute atomic E-state index is 5.33. The van der Waals surface area contributed by atoms with Gasteiger partial charge in [-0.15, -0.1) is 0 Å². The number of nitrogens with one attached hydrogen (secondary N) is 2. The van der Waals surface area contributed by atoms with E-state index >= 15 is 0 Å². The molecule has 0 heterocycles. The average molecular weight is 213 g/mol. The Bertz CT molecular complexity index is 71.3. The Morgan fingerprint density at radius 1 is 0.923 bits per heavy atom. The molecule has 0 aliphatic carbocycles. The molecule has 0 fully saturated rings. The third kappa shape index (κ3) is 16.2. The molecular formula is C9H24KN3. The molecule has 0 radical (unpaired) electrons. The normalized spacial score (nSPS) is 9.69. The summed E-state index contributed by atoms with van der Waals surface area (Å²) in [7, 11) is 0. The van der Waals surface area contributed by atoms with Gasteiger partial charge in [0.15, 0.2) is 0 Å². The van der Waals surface area contributed by atoms with Crippen LogP contribution in [0.2, 0.25) is 0 Å². The van der Waals surface area contributed by atoms with Gasteiger partial charge in [0.05, 0.1) is 0 Å². The molecule has 3 nitrogen and oxygen atoms in total. The predicted molar refractivity (Wildman–Crippen MR) is 61.5 cm³/mol. The fourth-order valence-corrected chi connectivity index (χ4v) is 1.03. The Balaban J connectivity index is 0. The third-order valence-corrected chi connectivity index (χ3v) is 1.76. The van der Waals surface area contributed by atoms with E-state index in [0.717, 1.165) is 32.7 Å². The SMILES string of the molecule is CCCCCNCCNCCN.[KH]. The van der Waals surface area contributed by atoms with E-state index in [1.165, 1.54) is 19.3 Å². The Morgan fingerprint density at radius 3 is 2.08 bits per heavy atom. The summed E-state index contributed by atoms with van der Waals surface area (Å²) in [4.78, 5) is 0. The first-order chi connectivity index (χ1) is 5.91. The fraction of sp³-hybridized carbons (Fsp3) is 1.00. The number of rotatable bonds is 9. The van der Waals surface area contributed by atoms with Gasteiger partial charge in [0.25, 0.3) is 0 Å². The van der Waals surface area contributed by atoms with Crippen molar-refractivity contribution in [2.24, 2.45) is 5.73 Å². The van der Waals surface area contributed by atoms with Crippen LogP contribution >= 0.6 is 0 Å². The summed E-state index contributed by atoms with van der Waals surface area (Å²) in [6.07, 6.45) is 3.93. The molecule has 0 aliphatic heterocycles. The van der Waals surface area contributed by atoms with Gasteiger partial charge in [-0.05, 0) is 13.0 Å². The van der Waals surface area contributed by atoms with Crippen LogP contribution in [0.1, 0.15) is 26.2 Å². The summed E-state index contributed by atoms with van der Waals surface area (Å²) in [6.45, 7) is 7.13. The second-order valence-electron chi connectivity index (χ2n) is 3.00. The van der Waals surface area contributed by atoms with Crippen LogP contribution in [0.25, 0.3) is 0 Å². The van der Waals surface area contributed by atoms with Crippen LogP contribution in [0.4, 0.5) is 0 Å². The molecule has 0 spiro atoms. The molecule has 0 aromatic heterocycles. The van der Waals surface area contributed by atoms with Gasteiger partial charge in [0, 0.05) is 26.2 Å². The van der Waals surface area contributed by atoms with Crippen LogP contribution in [-0.4, -0.2) is 84.1 Å². The van der Waals surface area contributed by atoms with Crippen LogP contribution in [0.5, 0.6) is 0 Å². The van der Waals surface area contributed by atoms with Gasteiger partial charge in [-0.3, -0.25) is 0 Å². The molecule has 0 atom stereocenters. The molecule has 0 saturated carbocycles. The number of nitrogens with two attached hydrogens (primary N) is 1. The molecule has 4 N–H and O–H groups in total. The first-order valence-electron chi connectivity index (χ1n) is 5.03. The summed E-state index contributed by atoms with van der Waals surface area (Å²) >= 11 is 0. The van der Waals surface area contributed by atoms with Crippen molar-refractivity contribution >= 4 is 51.4 Å². The van der Waals surface area contributed by atoms with Gasteiger partial charge in [-0.25, -0.2) is 0 Å². The molecule has 76 valence electrons. The Kier molecular flexibility index (Phi) is 20.8. The molecule has 0 amide bonds. The van der Waals surface area contributed by atoms with Crippen molar-refractivity contribution in [1.29, 1.82) is 0 Å². The zero-order chi connectivity index (χ0) is 9.07. The van der Waals surface area contributed by atoms with Gasteiger partial charge in [-0.1, -0.05) is 19.8 Å². The summed E-state index contributed by atoms with van der Waals surface area (Å²) in [5.41, 5.74) is 5.33. The molecule has 13 heavy (non-hydrogen) atoms. The molecular weight excluding hydrogens is 189 g/mol. The Hall–Kier alpha value is 1.52. The van der Waals surface area contributed by atoms with E-state index in [1.807, 2.05) is 0 Å². The van der Waals surface area contributed by atoms with Crippen molar-refractivity contribution in [3.8, 4) is 0 Å². The molecule has 0 aliphatic rings. The van der Waals surface area contributed by atoms with Crippen LogP contribution < -0.4 is 16.4 Å². The van der Waals surface area contributed by atoms with Gasteiger partial charge in [-0.2, -0.15) is 0 Å². The zero-order valence-corrected chi connectivity index (χ0v) is 8.23. The third-order valence-electron chi connectivity index (χ3n) is 1.76. The first-order valence-corrected chi connectivity index (χ1v) is 5.03. The minimum atomic E-state index is 0. The van der Waals surface area contributed by atoms with Crippen molar-refractivity contribution in [2.45, 2.75) is 26.2 Å². The van der Waals surface area contributed by atoms with Crippen molar-refractivity contribution in [2.75, 3.05) is 32.7 Å². The van der Waals surface area contributed by atoms with Gasteiger partial charge in [0.1, 0.15) is 0 Å². The van der Waals surface area contributed by atoms with E-state index in [0.29, 0.717) is 0 Å². The van der Waals surface area contributed by atoms with Crippen LogP contribution in [0.3, 0.4) is 0 Å². The Morgan fingerprint density at radius 2 is 1.54 bits per heavy atom. The van der Waals surface area contributed by atoms with E-state index in [4.69, 9.17) is 5.73 Å². The second-order valence-corrected chi connectivity index (χ2v) is 3.00. The standard InChI is InChI=1S/C9H23N3.K.H/c1-2-3-4-6-11-8-9-12-7-5-10;;/h11-12H,2-10H2,1H3;;. The molecule has 0 bridgehead atoms. The van der Waals surface area contributed by atoms with Crippen molar-refractivity contribution < 1.29 is 0 Å². The number of unbranched alkanes of at least 4 members (excludes halogenated alkanes) is 2. The van der Waals surface area contributed by atoms with E-state index in [1.54, 1.807) is 0 Å². The summed E-state index contributed by atoms with van der Waals surface area (Å²) in [5, 5.41) is 6.61. The zero-order valence-electron chi connectivity index (χ0n) is 8.23. The predicted octanol–water partition coefficient (Wildman–Crippen LogP) is -0.334. The monoisotopic (exact) mass is 213 g/mol. The van der Waals surface area contributed by atoms with Crippen molar-refractivity contribution in [3.05, 3.63) is 0 Å². The van der Waals surface area contributed by atoms with E-state index in [2.05, 4.69) is 17.6 Å². The molecule has 0 rings (SSSR count). The topological polar surface area (TPSA) is 50.1 Å². The molecule has 0 aromatic carbocycles. The molecule has 0 unspecified atom stereocenters. The van der Waals surface area contributed by atoms with Crippen LogP contribution in [0, 0.1) is 0 Å². The minimum absolute atomic E-state index is 0. The van der Waals surface area contributed by atoms with Crippen LogP contribution in [0.15, 0.2) is 0 Å². The van der Waals surface area contributed by atoms with Crippen LogP contribution in [-0.2, 0) is 0 Å². The van der Waals surface area contributed by atoms with E-state index in [9.17, 15) is 0 Å². The van der Waals surface area contributed by atoms with E-state index < -0.39 is 0 Å². The number of hydrogen-bond donors (Lipinski definition) is 3. The molecule has 0 saturated heterocycles. The maximum atomic E-state index is 5.33. The quantitative estimate of drug-likeness (QED) is 0.363.